The maximum Gasteiger partial charge on any atom is 0.227 e. The van der Waals surface area contributed by atoms with E-state index in [0.717, 1.165) is 6.07 Å². The lowest BCUT2D eigenvalue weighted by atomic mass is 10.2. The molecule has 0 atom stereocenters. The normalized spacial score (nSPS) is 15.1. The number of fused-ring (bicyclic) bond motifs is 1. The SMILES string of the molecule is Nc1cc(F)c2c(c1)NC(=O)CCO2. The fourth-order valence-electron chi connectivity index (χ4n) is 1.31. The first kappa shape index (κ1) is 8.80. The first-order valence-electron chi connectivity index (χ1n) is 4.18. The van der Waals surface area contributed by atoms with Crippen molar-refractivity contribution in [2.45, 2.75) is 6.42 Å². The third-order valence-corrected chi connectivity index (χ3v) is 1.92. The number of halogens is 1. The lowest BCUT2D eigenvalue weighted by molar-refractivity contribution is -0.116. The van der Waals surface area contributed by atoms with Crippen LogP contribution in [-0.4, -0.2) is 12.5 Å². The van der Waals surface area contributed by atoms with Gasteiger partial charge in [0.1, 0.15) is 0 Å². The first-order chi connectivity index (χ1) is 6.66. The minimum absolute atomic E-state index is 0.0602. The Labute approximate surface area is 79.9 Å². The molecule has 74 valence electrons. The van der Waals surface area contributed by atoms with Gasteiger partial charge in [-0.25, -0.2) is 4.39 Å². The van der Waals surface area contributed by atoms with Crippen molar-refractivity contribution in [1.82, 2.24) is 0 Å². The fourth-order valence-corrected chi connectivity index (χ4v) is 1.31. The van der Waals surface area contributed by atoms with Crippen molar-refractivity contribution in [2.75, 3.05) is 17.7 Å². The second-order valence-corrected chi connectivity index (χ2v) is 3.03. The van der Waals surface area contributed by atoms with E-state index in [-0.39, 0.29) is 30.4 Å². The molecule has 1 aromatic carbocycles. The van der Waals surface area contributed by atoms with Gasteiger partial charge >= 0.3 is 0 Å². The van der Waals surface area contributed by atoms with Crippen LogP contribution in [0.15, 0.2) is 12.1 Å². The summed E-state index contributed by atoms with van der Waals surface area (Å²) in [5.41, 5.74) is 5.99. The second-order valence-electron chi connectivity index (χ2n) is 3.03. The molecule has 0 fully saturated rings. The largest absolute Gasteiger partial charge is 0.488 e. The van der Waals surface area contributed by atoms with E-state index >= 15 is 0 Å². The van der Waals surface area contributed by atoms with Gasteiger partial charge in [-0.3, -0.25) is 4.79 Å². The molecular formula is C9H9FN2O2. The van der Waals surface area contributed by atoms with E-state index in [1.54, 1.807) is 0 Å². The number of carbonyl (C=O) groups excluding carboxylic acids is 1. The Kier molecular flexibility index (Phi) is 1.99. The standard InChI is InChI=1S/C9H9FN2O2/c10-6-3-5(11)4-7-9(6)14-2-1-8(13)12-7/h3-4H,1-2,11H2,(H,12,13). The number of anilines is 2. The van der Waals surface area contributed by atoms with Crippen molar-refractivity contribution in [1.29, 1.82) is 0 Å². The quantitative estimate of drug-likeness (QED) is 0.611. The maximum absolute atomic E-state index is 13.3. The number of benzene rings is 1. The number of rotatable bonds is 0. The smallest absolute Gasteiger partial charge is 0.227 e. The number of hydrogen-bond donors (Lipinski definition) is 2. The molecule has 14 heavy (non-hydrogen) atoms. The predicted octanol–water partition coefficient (Wildman–Crippen LogP) is 1.13. The molecule has 1 heterocycles. The van der Waals surface area contributed by atoms with Gasteiger partial charge < -0.3 is 15.8 Å². The average Bonchev–Trinajstić information content (AvgIpc) is 2.25. The minimum atomic E-state index is -0.554. The van der Waals surface area contributed by atoms with E-state index < -0.39 is 5.82 Å². The van der Waals surface area contributed by atoms with Gasteiger partial charge in [0.25, 0.3) is 0 Å². The Bertz CT molecular complexity index is 393. The Balaban J connectivity index is 2.50. The summed E-state index contributed by atoms with van der Waals surface area (Å²) < 4.78 is 18.4. The minimum Gasteiger partial charge on any atom is -0.488 e. The van der Waals surface area contributed by atoms with Crippen LogP contribution in [0.2, 0.25) is 0 Å². The maximum atomic E-state index is 13.3. The van der Waals surface area contributed by atoms with E-state index in [0.29, 0.717) is 5.69 Å². The summed E-state index contributed by atoms with van der Waals surface area (Å²) in [6.45, 7) is 0.180. The molecule has 2 rings (SSSR count). The summed E-state index contributed by atoms with van der Waals surface area (Å²) >= 11 is 0. The molecule has 0 unspecified atom stereocenters. The van der Waals surface area contributed by atoms with Crippen molar-refractivity contribution >= 4 is 17.3 Å². The zero-order valence-electron chi connectivity index (χ0n) is 7.34. The van der Waals surface area contributed by atoms with E-state index in [4.69, 9.17) is 10.5 Å². The van der Waals surface area contributed by atoms with Crippen molar-refractivity contribution in [3.8, 4) is 5.75 Å². The van der Waals surface area contributed by atoms with Gasteiger partial charge in [0, 0.05) is 11.8 Å². The molecule has 0 bridgehead atoms. The topological polar surface area (TPSA) is 64.3 Å². The number of nitrogens with one attached hydrogen (secondary N) is 1. The highest BCUT2D eigenvalue weighted by molar-refractivity contribution is 5.93. The van der Waals surface area contributed by atoms with Crippen LogP contribution < -0.4 is 15.8 Å². The van der Waals surface area contributed by atoms with Crippen LogP contribution in [0, 0.1) is 5.82 Å². The van der Waals surface area contributed by atoms with Gasteiger partial charge in [0.2, 0.25) is 5.91 Å². The van der Waals surface area contributed by atoms with Crippen LogP contribution >= 0.6 is 0 Å². The first-order valence-corrected chi connectivity index (χ1v) is 4.18. The highest BCUT2D eigenvalue weighted by Crippen LogP contribution is 2.32. The summed E-state index contributed by atoms with van der Waals surface area (Å²) in [4.78, 5) is 11.1. The summed E-state index contributed by atoms with van der Waals surface area (Å²) in [5.74, 6) is -0.694. The van der Waals surface area contributed by atoms with E-state index in [2.05, 4.69) is 5.32 Å². The van der Waals surface area contributed by atoms with Crippen molar-refractivity contribution in [3.63, 3.8) is 0 Å². The van der Waals surface area contributed by atoms with E-state index in [9.17, 15) is 9.18 Å². The average molecular weight is 196 g/mol. The van der Waals surface area contributed by atoms with Gasteiger partial charge in [-0.15, -0.1) is 0 Å². The van der Waals surface area contributed by atoms with E-state index in [1.165, 1.54) is 6.07 Å². The summed E-state index contributed by atoms with van der Waals surface area (Å²) in [5, 5.41) is 2.52. The molecule has 0 saturated carbocycles. The lowest BCUT2D eigenvalue weighted by Crippen LogP contribution is -2.10. The summed E-state index contributed by atoms with van der Waals surface area (Å²) in [6.07, 6.45) is 0.216. The Hall–Kier alpha value is -1.78. The third kappa shape index (κ3) is 1.48. The summed E-state index contributed by atoms with van der Waals surface area (Å²) in [6, 6.07) is 2.64. The molecule has 1 aromatic rings. The zero-order valence-corrected chi connectivity index (χ0v) is 7.34. The van der Waals surface area contributed by atoms with Crippen LogP contribution in [-0.2, 0) is 4.79 Å². The lowest BCUT2D eigenvalue weighted by Gasteiger charge is -2.08. The van der Waals surface area contributed by atoms with Gasteiger partial charge in [-0.1, -0.05) is 0 Å². The highest BCUT2D eigenvalue weighted by Gasteiger charge is 2.17. The molecule has 0 aliphatic carbocycles. The molecule has 5 heteroatoms. The number of hydrogen-bond acceptors (Lipinski definition) is 3. The zero-order chi connectivity index (χ0) is 10.1. The number of ether oxygens (including phenoxy) is 1. The molecule has 1 amide bonds. The monoisotopic (exact) mass is 196 g/mol. The van der Waals surface area contributed by atoms with Gasteiger partial charge in [-0.05, 0) is 6.07 Å². The van der Waals surface area contributed by atoms with Crippen LogP contribution in [0.1, 0.15) is 6.42 Å². The molecule has 0 spiro atoms. The molecular weight excluding hydrogens is 187 g/mol. The number of nitrogens with two attached hydrogens (primary N) is 1. The Morgan fingerprint density at radius 2 is 2.29 bits per heavy atom. The predicted molar refractivity (Wildman–Crippen MR) is 49.6 cm³/mol. The van der Waals surface area contributed by atoms with Gasteiger partial charge in [0.05, 0.1) is 18.7 Å². The number of nitrogen functional groups attached to an aromatic ring is 1. The Morgan fingerprint density at radius 3 is 3.07 bits per heavy atom. The van der Waals surface area contributed by atoms with Crippen molar-refractivity contribution < 1.29 is 13.9 Å². The molecule has 3 N–H and O–H groups in total. The van der Waals surface area contributed by atoms with Crippen LogP contribution in [0.4, 0.5) is 15.8 Å². The third-order valence-electron chi connectivity index (χ3n) is 1.92. The van der Waals surface area contributed by atoms with Crippen LogP contribution in [0.3, 0.4) is 0 Å². The Morgan fingerprint density at radius 1 is 1.50 bits per heavy atom. The molecule has 0 saturated heterocycles. The van der Waals surface area contributed by atoms with E-state index in [1.807, 2.05) is 0 Å². The molecule has 1 aliphatic heterocycles. The number of carbonyl (C=O) groups is 1. The van der Waals surface area contributed by atoms with Crippen LogP contribution in [0.5, 0.6) is 5.75 Å². The molecule has 0 radical (unpaired) electrons. The van der Waals surface area contributed by atoms with Gasteiger partial charge in [0.15, 0.2) is 11.6 Å². The molecule has 0 aromatic heterocycles. The highest BCUT2D eigenvalue weighted by atomic mass is 19.1. The van der Waals surface area contributed by atoms with Crippen molar-refractivity contribution in [3.05, 3.63) is 17.9 Å². The number of amides is 1. The molecule has 4 nitrogen and oxygen atoms in total. The second kappa shape index (κ2) is 3.17. The summed E-state index contributed by atoms with van der Waals surface area (Å²) in [7, 11) is 0. The van der Waals surface area contributed by atoms with Crippen LogP contribution in [0.25, 0.3) is 0 Å². The van der Waals surface area contributed by atoms with Gasteiger partial charge in [-0.2, -0.15) is 0 Å². The molecule has 1 aliphatic rings. The fraction of sp³-hybridized carbons (Fsp3) is 0.222. The van der Waals surface area contributed by atoms with Crippen molar-refractivity contribution in [2.24, 2.45) is 0 Å².